The molecule has 164 valence electrons. The highest BCUT2D eigenvalue weighted by Crippen LogP contribution is 2.40. The van der Waals surface area contributed by atoms with Crippen LogP contribution >= 0.6 is 11.6 Å². The number of para-hydroxylation sites is 1. The zero-order valence-electron chi connectivity index (χ0n) is 17.9. The van der Waals surface area contributed by atoms with Gasteiger partial charge in [0.1, 0.15) is 5.54 Å². The molecule has 0 N–H and O–H groups in total. The van der Waals surface area contributed by atoms with Crippen LogP contribution in [0.3, 0.4) is 0 Å². The minimum absolute atomic E-state index is 0.0140. The summed E-state index contributed by atoms with van der Waals surface area (Å²) < 4.78 is 0. The van der Waals surface area contributed by atoms with Crippen LogP contribution in [0, 0.1) is 0 Å². The zero-order valence-corrected chi connectivity index (χ0v) is 18.7. The SMILES string of the molecule is O=C(Cl)CN1CN(c2ccccc2)C2(CCN(Cc3cccc4ccccc34)CC2)C1=O. The average molecular weight is 448 g/mol. The maximum Gasteiger partial charge on any atom is 0.250 e. The highest BCUT2D eigenvalue weighted by molar-refractivity contribution is 6.64. The molecule has 0 saturated carbocycles. The molecule has 1 amide bonds. The van der Waals surface area contributed by atoms with Crippen LogP contribution in [0.2, 0.25) is 0 Å². The molecule has 2 heterocycles. The maximum atomic E-state index is 13.5. The first-order chi connectivity index (χ1) is 15.6. The molecule has 3 aromatic rings. The van der Waals surface area contributed by atoms with Crippen molar-refractivity contribution in [1.82, 2.24) is 9.80 Å². The van der Waals surface area contributed by atoms with E-state index in [1.807, 2.05) is 30.3 Å². The Labute approximate surface area is 193 Å². The number of hydrogen-bond acceptors (Lipinski definition) is 4. The molecule has 0 atom stereocenters. The maximum absolute atomic E-state index is 13.5. The predicted octanol–water partition coefficient (Wildman–Crippen LogP) is 4.25. The Morgan fingerprint density at radius 1 is 0.906 bits per heavy atom. The molecule has 5 rings (SSSR count). The summed E-state index contributed by atoms with van der Waals surface area (Å²) in [5, 5.41) is 2.03. The van der Waals surface area contributed by atoms with Gasteiger partial charge in [0, 0.05) is 25.3 Å². The lowest BCUT2D eigenvalue weighted by molar-refractivity contribution is -0.135. The van der Waals surface area contributed by atoms with Gasteiger partial charge in [0.15, 0.2) is 0 Å². The number of hydrogen-bond donors (Lipinski definition) is 0. The van der Waals surface area contributed by atoms with Gasteiger partial charge in [-0.2, -0.15) is 0 Å². The number of piperidine rings is 1. The molecule has 0 unspecified atom stereocenters. The third kappa shape index (κ3) is 3.76. The number of rotatable bonds is 5. The molecule has 3 aromatic carbocycles. The van der Waals surface area contributed by atoms with Crippen molar-refractivity contribution in [1.29, 1.82) is 0 Å². The van der Waals surface area contributed by atoms with Crippen molar-refractivity contribution in [2.75, 3.05) is 31.2 Å². The van der Waals surface area contributed by atoms with Crippen molar-refractivity contribution in [2.24, 2.45) is 0 Å². The van der Waals surface area contributed by atoms with Crippen molar-refractivity contribution >= 4 is 39.2 Å². The van der Waals surface area contributed by atoms with E-state index in [0.717, 1.165) is 38.2 Å². The Hall–Kier alpha value is -2.89. The summed E-state index contributed by atoms with van der Waals surface area (Å²) in [5.41, 5.74) is 1.70. The van der Waals surface area contributed by atoms with E-state index in [9.17, 15) is 9.59 Å². The van der Waals surface area contributed by atoms with E-state index in [1.165, 1.54) is 16.3 Å². The molecule has 2 aliphatic rings. The summed E-state index contributed by atoms with van der Waals surface area (Å²) in [6.07, 6.45) is 1.44. The molecule has 2 aliphatic heterocycles. The summed E-state index contributed by atoms with van der Waals surface area (Å²) >= 11 is 5.65. The number of likely N-dealkylation sites (tertiary alicyclic amines) is 1. The van der Waals surface area contributed by atoms with Crippen LogP contribution < -0.4 is 4.90 Å². The molecule has 32 heavy (non-hydrogen) atoms. The van der Waals surface area contributed by atoms with E-state index in [-0.39, 0.29) is 12.5 Å². The molecule has 0 aliphatic carbocycles. The van der Waals surface area contributed by atoms with Gasteiger partial charge < -0.3 is 9.80 Å². The number of carbonyl (C=O) groups is 2. The van der Waals surface area contributed by atoms with Gasteiger partial charge in [0.2, 0.25) is 11.1 Å². The highest BCUT2D eigenvalue weighted by atomic mass is 35.5. The lowest BCUT2D eigenvalue weighted by atomic mass is 9.85. The minimum Gasteiger partial charge on any atom is -0.339 e. The number of fused-ring (bicyclic) bond motifs is 1. The second-order valence-corrected chi connectivity index (χ2v) is 9.13. The largest absolute Gasteiger partial charge is 0.339 e. The minimum atomic E-state index is -0.622. The van der Waals surface area contributed by atoms with Crippen molar-refractivity contribution in [3.05, 3.63) is 78.4 Å². The van der Waals surface area contributed by atoms with Crippen molar-refractivity contribution in [3.8, 4) is 0 Å². The van der Waals surface area contributed by atoms with Gasteiger partial charge in [-0.25, -0.2) is 0 Å². The lowest BCUT2D eigenvalue weighted by Gasteiger charge is -2.43. The number of amides is 1. The Bertz CT molecular complexity index is 1140. The van der Waals surface area contributed by atoms with Crippen LogP contribution in [-0.4, -0.2) is 52.8 Å². The van der Waals surface area contributed by atoms with E-state index in [1.54, 1.807) is 4.90 Å². The number of carbonyl (C=O) groups excluding carboxylic acids is 2. The Morgan fingerprint density at radius 3 is 2.34 bits per heavy atom. The fourth-order valence-electron chi connectivity index (χ4n) is 5.22. The third-order valence-electron chi connectivity index (χ3n) is 6.85. The third-order valence-corrected chi connectivity index (χ3v) is 6.97. The topological polar surface area (TPSA) is 43.9 Å². The van der Waals surface area contributed by atoms with E-state index < -0.39 is 10.8 Å². The van der Waals surface area contributed by atoms with Gasteiger partial charge in [0.25, 0.3) is 0 Å². The summed E-state index contributed by atoms with van der Waals surface area (Å²) in [6, 6.07) is 24.9. The molecule has 6 heteroatoms. The smallest absolute Gasteiger partial charge is 0.250 e. The Kier molecular flexibility index (Phi) is 5.62. The Morgan fingerprint density at radius 2 is 1.59 bits per heavy atom. The van der Waals surface area contributed by atoms with Crippen LogP contribution in [0.1, 0.15) is 18.4 Å². The second-order valence-electron chi connectivity index (χ2n) is 8.71. The van der Waals surface area contributed by atoms with Crippen LogP contribution in [-0.2, 0) is 16.1 Å². The summed E-state index contributed by atoms with van der Waals surface area (Å²) in [4.78, 5) is 31.3. The van der Waals surface area contributed by atoms with E-state index >= 15 is 0 Å². The van der Waals surface area contributed by atoms with Gasteiger partial charge in [-0.05, 0) is 52.9 Å². The van der Waals surface area contributed by atoms with Crippen molar-refractivity contribution < 1.29 is 9.59 Å². The second kappa shape index (κ2) is 8.57. The van der Waals surface area contributed by atoms with Crippen LogP contribution in [0.4, 0.5) is 5.69 Å². The molecule has 0 aromatic heterocycles. The van der Waals surface area contributed by atoms with Crippen LogP contribution in [0.5, 0.6) is 0 Å². The van der Waals surface area contributed by atoms with Crippen molar-refractivity contribution in [2.45, 2.75) is 24.9 Å². The van der Waals surface area contributed by atoms with Crippen LogP contribution in [0.25, 0.3) is 10.8 Å². The van der Waals surface area contributed by atoms with E-state index in [4.69, 9.17) is 11.6 Å². The molecule has 2 fully saturated rings. The van der Waals surface area contributed by atoms with Gasteiger partial charge in [0.05, 0.1) is 13.2 Å². The lowest BCUT2D eigenvalue weighted by Crippen LogP contribution is -2.56. The molecular weight excluding hydrogens is 422 g/mol. The highest BCUT2D eigenvalue weighted by Gasteiger charge is 2.53. The summed E-state index contributed by atoms with van der Waals surface area (Å²) in [6.45, 7) is 2.85. The number of nitrogens with zero attached hydrogens (tertiary/aromatic N) is 3. The number of anilines is 1. The molecule has 0 bridgehead atoms. The van der Waals surface area contributed by atoms with Crippen molar-refractivity contribution in [3.63, 3.8) is 0 Å². The monoisotopic (exact) mass is 447 g/mol. The Balaban J connectivity index is 1.38. The summed E-state index contributed by atoms with van der Waals surface area (Å²) in [7, 11) is 0. The van der Waals surface area contributed by atoms with E-state index in [0.29, 0.717) is 6.67 Å². The predicted molar refractivity (Wildman–Crippen MR) is 128 cm³/mol. The van der Waals surface area contributed by atoms with Crippen LogP contribution in [0.15, 0.2) is 72.8 Å². The normalized spacial score (nSPS) is 18.6. The first-order valence-corrected chi connectivity index (χ1v) is 11.4. The quantitative estimate of drug-likeness (QED) is 0.548. The number of halogens is 1. The molecule has 1 spiro atoms. The van der Waals surface area contributed by atoms with Gasteiger partial charge >= 0.3 is 0 Å². The van der Waals surface area contributed by atoms with Gasteiger partial charge in [-0.3, -0.25) is 14.5 Å². The fourth-order valence-corrected chi connectivity index (χ4v) is 5.37. The molecule has 0 radical (unpaired) electrons. The standard InChI is InChI=1S/C26H26ClN3O2/c27-24(31)18-29-19-30(22-10-2-1-3-11-22)26(25(29)32)13-15-28(16-14-26)17-21-9-6-8-20-7-4-5-12-23(20)21/h1-12H,13-19H2. The molecule has 2 saturated heterocycles. The van der Waals surface area contributed by atoms with Gasteiger partial charge in [-0.1, -0.05) is 60.7 Å². The fraction of sp³-hybridized carbons (Fsp3) is 0.308. The van der Waals surface area contributed by atoms with E-state index in [2.05, 4.69) is 52.3 Å². The first kappa shape index (κ1) is 21.0. The zero-order chi connectivity index (χ0) is 22.1. The molecular formula is C26H26ClN3O2. The first-order valence-electron chi connectivity index (χ1n) is 11.1. The average Bonchev–Trinajstić information content (AvgIpc) is 3.07. The molecule has 5 nitrogen and oxygen atoms in total. The van der Waals surface area contributed by atoms with Gasteiger partial charge in [-0.15, -0.1) is 0 Å². The summed E-state index contributed by atoms with van der Waals surface area (Å²) in [5.74, 6) is 0.0140. The number of benzene rings is 3.